The van der Waals surface area contributed by atoms with Gasteiger partial charge in [0.25, 0.3) is 10.0 Å². The van der Waals surface area contributed by atoms with Gasteiger partial charge in [-0.15, -0.1) is 11.3 Å². The molecule has 0 saturated carbocycles. The van der Waals surface area contributed by atoms with Crippen LogP contribution in [0.25, 0.3) is 0 Å². The first kappa shape index (κ1) is 14.8. The molecule has 6 nitrogen and oxygen atoms in total. The number of nitrogens with one attached hydrogen (secondary N) is 1. The number of carboxylic acid groups (broad SMARTS) is 1. The van der Waals surface area contributed by atoms with Gasteiger partial charge in [0.15, 0.2) is 4.21 Å². The van der Waals surface area contributed by atoms with Crippen LogP contribution in [-0.4, -0.2) is 19.5 Å². The molecular weight excluding hydrogens is 368 g/mol. The van der Waals surface area contributed by atoms with E-state index in [0.717, 1.165) is 11.3 Å². The van der Waals surface area contributed by atoms with E-state index >= 15 is 0 Å². The van der Waals surface area contributed by atoms with Crippen LogP contribution in [0.3, 0.4) is 0 Å². The number of benzene rings is 1. The minimum Gasteiger partial charge on any atom is -0.478 e. The average Bonchev–Trinajstić information content (AvgIpc) is 2.78. The van der Waals surface area contributed by atoms with Gasteiger partial charge in [0.1, 0.15) is 0 Å². The van der Waals surface area contributed by atoms with Crippen LogP contribution in [0.2, 0.25) is 0 Å². The Morgan fingerprint density at radius 3 is 2.55 bits per heavy atom. The number of anilines is 2. The quantitative estimate of drug-likeness (QED) is 0.710. The molecule has 1 heterocycles. The molecule has 1 aromatic heterocycles. The van der Waals surface area contributed by atoms with Gasteiger partial charge in [0.05, 0.1) is 16.9 Å². The molecule has 0 unspecified atom stereocenters. The molecule has 2 aromatic rings. The van der Waals surface area contributed by atoms with E-state index in [2.05, 4.69) is 20.7 Å². The third-order valence-electron chi connectivity index (χ3n) is 2.37. The number of nitrogen functional groups attached to an aromatic ring is 1. The monoisotopic (exact) mass is 376 g/mol. The minimum atomic E-state index is -3.76. The van der Waals surface area contributed by atoms with Gasteiger partial charge >= 0.3 is 5.97 Å². The molecule has 1 aromatic carbocycles. The van der Waals surface area contributed by atoms with Crippen molar-refractivity contribution in [2.45, 2.75) is 4.21 Å². The van der Waals surface area contributed by atoms with Gasteiger partial charge in [-0.05, 0) is 45.6 Å². The van der Waals surface area contributed by atoms with Crippen molar-refractivity contribution in [2.75, 3.05) is 10.5 Å². The maximum Gasteiger partial charge on any atom is 0.335 e. The van der Waals surface area contributed by atoms with Crippen LogP contribution >= 0.6 is 27.3 Å². The Hall–Kier alpha value is -1.58. The Morgan fingerprint density at radius 2 is 2.05 bits per heavy atom. The van der Waals surface area contributed by atoms with Crippen molar-refractivity contribution in [3.63, 3.8) is 0 Å². The summed E-state index contributed by atoms with van der Waals surface area (Å²) in [4.78, 5) is 10.8. The lowest BCUT2D eigenvalue weighted by Gasteiger charge is -2.10. The van der Waals surface area contributed by atoms with Gasteiger partial charge < -0.3 is 10.8 Å². The van der Waals surface area contributed by atoms with Crippen LogP contribution in [0.4, 0.5) is 11.4 Å². The maximum absolute atomic E-state index is 12.2. The van der Waals surface area contributed by atoms with Crippen molar-refractivity contribution in [1.82, 2.24) is 0 Å². The zero-order valence-electron chi connectivity index (χ0n) is 9.83. The first-order chi connectivity index (χ1) is 9.31. The molecule has 0 aliphatic carbocycles. The molecular formula is C11H9BrN2O4S2. The number of thiophene rings is 1. The minimum absolute atomic E-state index is 0.0113. The zero-order chi connectivity index (χ0) is 14.9. The van der Waals surface area contributed by atoms with Crippen LogP contribution in [0.5, 0.6) is 0 Å². The molecule has 0 saturated heterocycles. The Morgan fingerprint density at radius 1 is 1.35 bits per heavy atom. The number of hydrogen-bond acceptors (Lipinski definition) is 5. The second kappa shape index (κ2) is 5.43. The molecule has 9 heteroatoms. The van der Waals surface area contributed by atoms with E-state index in [0.29, 0.717) is 4.47 Å². The summed E-state index contributed by atoms with van der Waals surface area (Å²) in [6, 6.07) is 5.41. The molecule has 0 bridgehead atoms. The van der Waals surface area contributed by atoms with Crippen LogP contribution in [0.1, 0.15) is 10.4 Å². The smallest absolute Gasteiger partial charge is 0.335 e. The standard InChI is InChI=1S/C11H9BrN2O4S2/c12-7-3-4-19-11(7)20(17,18)14-9-2-1-6(10(15)16)5-8(9)13/h1-5,14H,13H2,(H,15,16). The van der Waals surface area contributed by atoms with Crippen molar-refractivity contribution >= 4 is 54.6 Å². The number of aromatic carboxylic acids is 1. The van der Waals surface area contributed by atoms with Crippen LogP contribution in [0.15, 0.2) is 38.3 Å². The summed E-state index contributed by atoms with van der Waals surface area (Å²) in [6.07, 6.45) is 0. The fourth-order valence-corrected chi connectivity index (χ4v) is 4.88. The highest BCUT2D eigenvalue weighted by Gasteiger charge is 2.20. The van der Waals surface area contributed by atoms with Crippen molar-refractivity contribution < 1.29 is 18.3 Å². The summed E-state index contributed by atoms with van der Waals surface area (Å²) in [5.74, 6) is -1.13. The number of hydrogen-bond donors (Lipinski definition) is 3. The summed E-state index contributed by atoms with van der Waals surface area (Å²) in [5.41, 5.74) is 5.83. The van der Waals surface area contributed by atoms with Crippen molar-refractivity contribution in [3.8, 4) is 0 Å². The highest BCUT2D eigenvalue weighted by atomic mass is 79.9. The molecule has 0 radical (unpaired) electrons. The average molecular weight is 377 g/mol. The first-order valence-corrected chi connectivity index (χ1v) is 8.35. The second-order valence-electron chi connectivity index (χ2n) is 3.77. The third-order valence-corrected chi connectivity index (χ3v) is 6.41. The van der Waals surface area contributed by atoms with E-state index in [1.165, 1.54) is 18.2 Å². The number of rotatable bonds is 4. The Labute approximate surface area is 127 Å². The predicted octanol–water partition coefficient (Wildman–Crippen LogP) is 2.59. The molecule has 20 heavy (non-hydrogen) atoms. The molecule has 0 amide bonds. The van der Waals surface area contributed by atoms with Gasteiger partial charge in [-0.1, -0.05) is 0 Å². The number of nitrogens with two attached hydrogens (primary N) is 1. The van der Waals surface area contributed by atoms with Gasteiger partial charge in [-0.3, -0.25) is 4.72 Å². The normalized spacial score (nSPS) is 11.2. The van der Waals surface area contributed by atoms with Crippen molar-refractivity contribution in [1.29, 1.82) is 0 Å². The van der Waals surface area contributed by atoms with Gasteiger partial charge in [0.2, 0.25) is 0 Å². The number of sulfonamides is 1. The second-order valence-corrected chi connectivity index (χ2v) is 7.42. The molecule has 106 valence electrons. The van der Waals surface area contributed by atoms with Gasteiger partial charge in [-0.2, -0.15) is 0 Å². The highest BCUT2D eigenvalue weighted by Crippen LogP contribution is 2.30. The highest BCUT2D eigenvalue weighted by molar-refractivity contribution is 9.10. The fourth-order valence-electron chi connectivity index (χ4n) is 1.45. The molecule has 2 rings (SSSR count). The predicted molar refractivity (Wildman–Crippen MR) is 80.6 cm³/mol. The lowest BCUT2D eigenvalue weighted by Crippen LogP contribution is -2.13. The summed E-state index contributed by atoms with van der Waals surface area (Å²) in [5, 5.41) is 10.5. The topological polar surface area (TPSA) is 109 Å². The van der Waals surface area contributed by atoms with E-state index in [-0.39, 0.29) is 21.1 Å². The lowest BCUT2D eigenvalue weighted by molar-refractivity contribution is 0.0697. The largest absolute Gasteiger partial charge is 0.478 e. The molecule has 0 spiro atoms. The molecule has 4 N–H and O–H groups in total. The van der Waals surface area contributed by atoms with Crippen LogP contribution in [-0.2, 0) is 10.0 Å². The molecule has 0 aliphatic heterocycles. The number of halogens is 1. The lowest BCUT2D eigenvalue weighted by atomic mass is 10.2. The molecule has 0 fully saturated rings. The Kier molecular flexibility index (Phi) is 4.02. The fraction of sp³-hybridized carbons (Fsp3) is 0. The number of carbonyl (C=O) groups is 1. The van der Waals surface area contributed by atoms with Crippen molar-refractivity contribution in [3.05, 3.63) is 39.7 Å². The van der Waals surface area contributed by atoms with Crippen LogP contribution in [0, 0.1) is 0 Å². The van der Waals surface area contributed by atoms with Crippen LogP contribution < -0.4 is 10.5 Å². The first-order valence-electron chi connectivity index (χ1n) is 5.20. The summed E-state index contributed by atoms with van der Waals surface area (Å²) >= 11 is 4.20. The SMILES string of the molecule is Nc1cc(C(=O)O)ccc1NS(=O)(=O)c1sccc1Br. The third kappa shape index (κ3) is 2.94. The summed E-state index contributed by atoms with van der Waals surface area (Å²) in [7, 11) is -3.76. The molecule has 0 atom stereocenters. The summed E-state index contributed by atoms with van der Waals surface area (Å²) < 4.78 is 27.2. The van der Waals surface area contributed by atoms with E-state index < -0.39 is 16.0 Å². The van der Waals surface area contributed by atoms with E-state index in [9.17, 15) is 13.2 Å². The number of carboxylic acids is 1. The Balaban J connectivity index is 2.36. The maximum atomic E-state index is 12.2. The Bertz CT molecular complexity index is 770. The van der Waals surface area contributed by atoms with E-state index in [1.807, 2.05) is 0 Å². The van der Waals surface area contributed by atoms with Gasteiger partial charge in [0, 0.05) is 4.47 Å². The molecule has 0 aliphatic rings. The van der Waals surface area contributed by atoms with E-state index in [4.69, 9.17) is 10.8 Å². The van der Waals surface area contributed by atoms with E-state index in [1.54, 1.807) is 11.4 Å². The van der Waals surface area contributed by atoms with Crippen molar-refractivity contribution in [2.24, 2.45) is 0 Å². The zero-order valence-corrected chi connectivity index (χ0v) is 13.0. The summed E-state index contributed by atoms with van der Waals surface area (Å²) in [6.45, 7) is 0. The van der Waals surface area contributed by atoms with Gasteiger partial charge in [-0.25, -0.2) is 13.2 Å².